The molecule has 0 aromatic carbocycles. The Kier molecular flexibility index (Phi) is 8.05. The summed E-state index contributed by atoms with van der Waals surface area (Å²) in [6.07, 6.45) is 5.35. The molecule has 6 aliphatic rings. The molecule has 2 N–H and O–H groups in total. The number of aldehydes is 1. The van der Waals surface area contributed by atoms with Crippen molar-refractivity contribution in [3.63, 3.8) is 0 Å². The van der Waals surface area contributed by atoms with Crippen LogP contribution in [0.2, 0.25) is 0 Å². The van der Waals surface area contributed by atoms with Crippen molar-refractivity contribution in [2.75, 3.05) is 13.2 Å². The molecular weight excluding hydrogens is 576 g/mol. The molecule has 0 aromatic heterocycles. The molecule has 9 heteroatoms. The van der Waals surface area contributed by atoms with Crippen molar-refractivity contribution < 1.29 is 43.5 Å². The van der Waals surface area contributed by atoms with Crippen LogP contribution in [-0.4, -0.2) is 77.8 Å². The van der Waals surface area contributed by atoms with Crippen LogP contribution in [0.4, 0.5) is 0 Å². The van der Waals surface area contributed by atoms with Gasteiger partial charge in [-0.1, -0.05) is 34.6 Å². The van der Waals surface area contributed by atoms with E-state index in [0.29, 0.717) is 18.6 Å². The van der Waals surface area contributed by atoms with Crippen molar-refractivity contribution in [3.8, 4) is 0 Å². The normalized spacial score (nSPS) is 47.7. The van der Waals surface area contributed by atoms with Crippen LogP contribution in [0.25, 0.3) is 0 Å². The zero-order valence-corrected chi connectivity index (χ0v) is 28.6. The minimum absolute atomic E-state index is 0.0628. The van der Waals surface area contributed by atoms with Crippen molar-refractivity contribution in [3.05, 3.63) is 0 Å². The summed E-state index contributed by atoms with van der Waals surface area (Å²) in [5.41, 5.74) is -1.92. The van der Waals surface area contributed by atoms with Gasteiger partial charge < -0.3 is 29.2 Å². The smallest absolute Gasteiger partial charge is 0.303 e. The number of esters is 1. The van der Waals surface area contributed by atoms with Gasteiger partial charge in [0.25, 0.3) is 0 Å². The van der Waals surface area contributed by atoms with E-state index in [1.54, 1.807) is 13.8 Å². The Hall–Kier alpha value is -1.39. The SMILES string of the molecule is CC(=O)O[C@@H]([C@H]1C[C@@H](C)[C@@H]2[C@H](O1)C(=O)[C@@]1(C)[C@@H]3CC[C@H]4C(C)(C)[C@@H](O[C@@H](C=O)OCCO)CC[C@@]45C[C@@]35CC[C@]21C)C(C)(C)O. The van der Waals surface area contributed by atoms with E-state index in [0.717, 1.165) is 44.9 Å². The van der Waals surface area contributed by atoms with Gasteiger partial charge >= 0.3 is 5.97 Å². The highest BCUT2D eigenvalue weighted by Gasteiger charge is 2.85. The summed E-state index contributed by atoms with van der Waals surface area (Å²) < 4.78 is 24.0. The lowest BCUT2D eigenvalue weighted by atomic mass is 9.41. The molecule has 0 amide bonds. The van der Waals surface area contributed by atoms with E-state index in [4.69, 9.17) is 18.9 Å². The molecule has 13 atom stereocenters. The maximum absolute atomic E-state index is 14.9. The van der Waals surface area contributed by atoms with Gasteiger partial charge in [-0.25, -0.2) is 0 Å². The van der Waals surface area contributed by atoms with E-state index in [2.05, 4.69) is 34.6 Å². The standard InChI is InChI=1S/C36H56O9/c1-20-17-22(30(32(5,6)41)43-21(2)39)44-28-27(20)33(7)13-14-36-19-35(36)12-11-25(45-26(18-38)42-16-15-37)31(3,4)23(35)9-10-24(36)34(33,8)29(28)40/h18,20,22-28,30,37,41H,9-17,19H2,1-8H3/t20-,22-,23+,24+,25+,26+,27-,28+,30+,33-,34-,35-,36+/m1/s1. The van der Waals surface area contributed by atoms with Crippen LogP contribution in [0, 0.1) is 50.7 Å². The highest BCUT2D eigenvalue weighted by atomic mass is 16.7. The average Bonchev–Trinajstić information content (AvgIpc) is 3.59. The van der Waals surface area contributed by atoms with Crippen LogP contribution in [-0.2, 0) is 33.3 Å². The van der Waals surface area contributed by atoms with Crippen LogP contribution in [0.15, 0.2) is 0 Å². The summed E-state index contributed by atoms with van der Waals surface area (Å²) in [6.45, 7) is 15.9. The third kappa shape index (κ3) is 4.53. The van der Waals surface area contributed by atoms with Gasteiger partial charge in [-0.15, -0.1) is 0 Å². The van der Waals surface area contributed by atoms with Crippen molar-refractivity contribution in [2.24, 2.45) is 50.7 Å². The number of carbonyl (C=O) groups excluding carboxylic acids is 3. The van der Waals surface area contributed by atoms with E-state index in [-0.39, 0.29) is 64.5 Å². The van der Waals surface area contributed by atoms with Gasteiger partial charge in [0.05, 0.1) is 31.0 Å². The van der Waals surface area contributed by atoms with E-state index in [1.165, 1.54) is 6.92 Å². The fourth-order valence-electron chi connectivity index (χ4n) is 12.7. The summed E-state index contributed by atoms with van der Waals surface area (Å²) in [6, 6.07) is 0. The first kappa shape index (κ1) is 33.5. The molecule has 0 unspecified atom stereocenters. The molecule has 45 heavy (non-hydrogen) atoms. The number of aliphatic hydroxyl groups is 2. The van der Waals surface area contributed by atoms with Crippen LogP contribution >= 0.6 is 0 Å². The highest BCUT2D eigenvalue weighted by molar-refractivity contribution is 5.93. The zero-order valence-electron chi connectivity index (χ0n) is 28.6. The van der Waals surface area contributed by atoms with Crippen LogP contribution in [0.1, 0.15) is 107 Å². The van der Waals surface area contributed by atoms with Crippen molar-refractivity contribution in [2.45, 2.75) is 143 Å². The van der Waals surface area contributed by atoms with Crippen LogP contribution in [0.3, 0.4) is 0 Å². The molecule has 9 nitrogen and oxygen atoms in total. The number of ketones is 1. The second-order valence-corrected chi connectivity index (χ2v) is 17.3. The summed E-state index contributed by atoms with van der Waals surface area (Å²) in [4.78, 5) is 38.6. The molecular formula is C36H56O9. The summed E-state index contributed by atoms with van der Waals surface area (Å²) >= 11 is 0. The Balaban J connectivity index is 1.27. The highest BCUT2D eigenvalue weighted by Crippen LogP contribution is 2.89. The Morgan fingerprint density at radius 3 is 2.38 bits per heavy atom. The largest absolute Gasteiger partial charge is 0.457 e. The van der Waals surface area contributed by atoms with E-state index >= 15 is 0 Å². The Labute approximate surface area is 268 Å². The third-order valence-electron chi connectivity index (χ3n) is 14.6. The van der Waals surface area contributed by atoms with Gasteiger partial charge in [-0.2, -0.15) is 0 Å². The minimum Gasteiger partial charge on any atom is -0.457 e. The number of ether oxygens (including phenoxy) is 4. The first-order chi connectivity index (χ1) is 20.9. The second-order valence-electron chi connectivity index (χ2n) is 17.3. The lowest BCUT2D eigenvalue weighted by Gasteiger charge is -2.62. The zero-order chi connectivity index (χ0) is 33.0. The molecule has 6 fully saturated rings. The van der Waals surface area contributed by atoms with Crippen molar-refractivity contribution in [1.82, 2.24) is 0 Å². The molecule has 0 aromatic rings. The van der Waals surface area contributed by atoms with Crippen molar-refractivity contribution in [1.29, 1.82) is 0 Å². The fraction of sp³-hybridized carbons (Fsp3) is 0.917. The van der Waals surface area contributed by atoms with Crippen LogP contribution < -0.4 is 0 Å². The fourth-order valence-corrected chi connectivity index (χ4v) is 12.7. The Bertz CT molecular complexity index is 1210. The van der Waals surface area contributed by atoms with Gasteiger partial charge in [0.1, 0.15) is 6.10 Å². The number of carbonyl (C=O) groups is 3. The first-order valence-electron chi connectivity index (χ1n) is 17.4. The van der Waals surface area contributed by atoms with E-state index < -0.39 is 41.6 Å². The molecule has 5 saturated carbocycles. The Morgan fingerprint density at radius 1 is 1.09 bits per heavy atom. The minimum atomic E-state index is -1.31. The number of hydrogen-bond donors (Lipinski definition) is 2. The summed E-state index contributed by atoms with van der Waals surface area (Å²) in [5, 5.41) is 20.1. The van der Waals surface area contributed by atoms with Gasteiger partial charge in [-0.3, -0.25) is 14.4 Å². The summed E-state index contributed by atoms with van der Waals surface area (Å²) in [7, 11) is 0. The predicted octanol–water partition coefficient (Wildman–Crippen LogP) is 4.63. The van der Waals surface area contributed by atoms with Crippen LogP contribution in [0.5, 0.6) is 0 Å². The van der Waals surface area contributed by atoms with Gasteiger partial charge in [0, 0.05) is 18.3 Å². The lowest BCUT2D eigenvalue weighted by Crippen LogP contribution is -2.59. The molecule has 1 saturated heterocycles. The lowest BCUT2D eigenvalue weighted by molar-refractivity contribution is -0.223. The predicted molar refractivity (Wildman–Crippen MR) is 165 cm³/mol. The monoisotopic (exact) mass is 632 g/mol. The summed E-state index contributed by atoms with van der Waals surface area (Å²) in [5.74, 6) is 0.692. The van der Waals surface area contributed by atoms with Gasteiger partial charge in [-0.05, 0) is 105 Å². The van der Waals surface area contributed by atoms with Gasteiger partial charge in [0.2, 0.25) is 6.29 Å². The topological polar surface area (TPSA) is 129 Å². The average molecular weight is 633 g/mol. The molecule has 0 radical (unpaired) electrons. The number of Topliss-reactive ketones (excluding diaryl/α,β-unsaturated/α-hetero) is 1. The molecule has 1 aliphatic heterocycles. The van der Waals surface area contributed by atoms with E-state index in [9.17, 15) is 24.6 Å². The maximum Gasteiger partial charge on any atom is 0.303 e. The van der Waals surface area contributed by atoms with E-state index in [1.807, 2.05) is 0 Å². The number of hydrogen-bond acceptors (Lipinski definition) is 9. The Morgan fingerprint density at radius 2 is 1.76 bits per heavy atom. The third-order valence-corrected chi connectivity index (χ3v) is 14.6. The number of aliphatic hydroxyl groups excluding tert-OH is 1. The van der Waals surface area contributed by atoms with Crippen molar-refractivity contribution >= 4 is 18.0 Å². The maximum atomic E-state index is 14.9. The molecule has 0 bridgehead atoms. The second kappa shape index (κ2) is 10.8. The molecule has 6 rings (SSSR count). The number of fused-ring (bicyclic) bond motifs is 4. The number of rotatable bonds is 9. The molecule has 254 valence electrons. The first-order valence-corrected chi connectivity index (χ1v) is 17.4. The van der Waals surface area contributed by atoms with Gasteiger partial charge in [0.15, 0.2) is 18.2 Å². The molecule has 2 spiro atoms. The molecule has 1 heterocycles. The quantitative estimate of drug-likeness (QED) is 0.212. The molecule has 5 aliphatic carbocycles.